The van der Waals surface area contributed by atoms with Gasteiger partial charge in [-0.1, -0.05) is 18.2 Å². The Labute approximate surface area is 119 Å². The molecule has 1 atom stereocenters. The molecule has 0 fully saturated rings. The Balaban J connectivity index is 1.86. The highest BCUT2D eigenvalue weighted by Gasteiger charge is 2.14. The van der Waals surface area contributed by atoms with Crippen molar-refractivity contribution in [1.29, 1.82) is 0 Å². The van der Waals surface area contributed by atoms with Crippen molar-refractivity contribution in [2.24, 2.45) is 0 Å². The fraction of sp³-hybridized carbons (Fsp3) is 0.333. The second-order valence-electron chi connectivity index (χ2n) is 5.82. The molecule has 0 amide bonds. The molecule has 1 aliphatic heterocycles. The average Bonchev–Trinajstić information content (AvgIpc) is 2.43. The average molecular weight is 269 g/mol. The molecule has 1 N–H and O–H groups in total. The molecule has 1 unspecified atom stereocenters. The molecule has 2 aromatic carbocycles. The number of halogens is 1. The second kappa shape index (κ2) is 5.28. The number of hydrogen-bond acceptors (Lipinski definition) is 1. The van der Waals surface area contributed by atoms with Crippen LogP contribution in [0.4, 0.5) is 10.1 Å². The van der Waals surface area contributed by atoms with E-state index in [0.29, 0.717) is 6.04 Å². The Kier molecular flexibility index (Phi) is 3.47. The van der Waals surface area contributed by atoms with Crippen LogP contribution in [-0.2, 0) is 12.8 Å². The van der Waals surface area contributed by atoms with Crippen LogP contribution < -0.4 is 5.32 Å². The number of hydrogen-bond donors (Lipinski definition) is 1. The van der Waals surface area contributed by atoms with Crippen molar-refractivity contribution in [3.8, 4) is 0 Å². The normalized spacial score (nSPS) is 17.4. The molecule has 0 bridgehead atoms. The predicted molar refractivity (Wildman–Crippen MR) is 81.8 cm³/mol. The first-order valence-corrected chi connectivity index (χ1v) is 7.25. The summed E-state index contributed by atoms with van der Waals surface area (Å²) in [5.41, 5.74) is 6.12. The minimum atomic E-state index is -0.154. The van der Waals surface area contributed by atoms with Crippen LogP contribution in [0.15, 0.2) is 36.4 Å². The Hall–Kier alpha value is -1.83. The lowest BCUT2D eigenvalue weighted by Gasteiger charge is -2.24. The molecule has 0 saturated carbocycles. The van der Waals surface area contributed by atoms with Crippen molar-refractivity contribution in [3.05, 3.63) is 64.5 Å². The highest BCUT2D eigenvalue weighted by Crippen LogP contribution is 2.27. The van der Waals surface area contributed by atoms with Gasteiger partial charge in [-0.25, -0.2) is 4.39 Å². The summed E-state index contributed by atoms with van der Waals surface area (Å²) in [6.07, 6.45) is 3.10. The van der Waals surface area contributed by atoms with Gasteiger partial charge in [0.2, 0.25) is 0 Å². The first-order chi connectivity index (χ1) is 9.61. The maximum absolute atomic E-state index is 13.4. The zero-order valence-electron chi connectivity index (χ0n) is 12.0. The van der Waals surface area contributed by atoms with Crippen molar-refractivity contribution < 1.29 is 4.39 Å². The number of rotatable bonds is 2. The summed E-state index contributed by atoms with van der Waals surface area (Å²) in [5.74, 6) is -0.154. The topological polar surface area (TPSA) is 12.0 Å². The van der Waals surface area contributed by atoms with Crippen molar-refractivity contribution in [3.63, 3.8) is 0 Å². The lowest BCUT2D eigenvalue weighted by atomic mass is 9.94. The molecule has 0 saturated heterocycles. The van der Waals surface area contributed by atoms with Crippen LogP contribution >= 0.6 is 0 Å². The van der Waals surface area contributed by atoms with E-state index in [4.69, 9.17) is 0 Å². The molecule has 0 spiro atoms. The highest BCUT2D eigenvalue weighted by atomic mass is 19.1. The third kappa shape index (κ3) is 2.69. The Morgan fingerprint density at radius 2 is 2.05 bits per heavy atom. The number of nitrogens with one attached hydrogen (secondary N) is 1. The van der Waals surface area contributed by atoms with Gasteiger partial charge in [0.05, 0.1) is 0 Å². The van der Waals surface area contributed by atoms with Crippen LogP contribution in [0, 0.1) is 12.7 Å². The van der Waals surface area contributed by atoms with E-state index in [1.165, 1.54) is 29.3 Å². The predicted octanol–water partition coefficient (Wildman–Crippen LogP) is 4.47. The fourth-order valence-corrected chi connectivity index (χ4v) is 2.86. The molecular weight excluding hydrogens is 249 g/mol. The monoisotopic (exact) mass is 269 g/mol. The van der Waals surface area contributed by atoms with Gasteiger partial charge in [-0.3, -0.25) is 0 Å². The van der Waals surface area contributed by atoms with E-state index in [1.807, 2.05) is 13.0 Å². The molecule has 1 nitrogen and oxygen atoms in total. The van der Waals surface area contributed by atoms with E-state index < -0.39 is 0 Å². The molecule has 1 aliphatic rings. The number of benzene rings is 2. The highest BCUT2D eigenvalue weighted by molar-refractivity contribution is 5.55. The zero-order valence-corrected chi connectivity index (χ0v) is 12.0. The van der Waals surface area contributed by atoms with Crippen LogP contribution in [0.2, 0.25) is 0 Å². The van der Waals surface area contributed by atoms with Gasteiger partial charge in [0.1, 0.15) is 5.82 Å². The molecule has 1 heterocycles. The number of aryl methyl sites for hydroxylation is 2. The summed E-state index contributed by atoms with van der Waals surface area (Å²) < 4.78 is 13.4. The van der Waals surface area contributed by atoms with Crippen LogP contribution in [-0.4, -0.2) is 6.04 Å². The number of anilines is 1. The van der Waals surface area contributed by atoms with E-state index >= 15 is 0 Å². The minimum Gasteiger partial charge on any atom is -0.382 e. The Bertz CT molecular complexity index is 633. The third-order valence-electron chi connectivity index (χ3n) is 4.12. The van der Waals surface area contributed by atoms with Crippen molar-refractivity contribution in [2.75, 3.05) is 5.32 Å². The largest absolute Gasteiger partial charge is 0.382 e. The molecular formula is C18H20FN. The summed E-state index contributed by atoms with van der Waals surface area (Å²) in [6, 6.07) is 12.2. The first-order valence-electron chi connectivity index (χ1n) is 7.25. The standard InChI is InChI=1S/C18H20FN/c1-12-3-7-17(19)11-16(12)10-14-5-8-18-15(9-14)6-4-13(2)20-18/h3,5,7-9,11,13,20H,4,6,10H2,1-2H3. The van der Waals surface area contributed by atoms with Gasteiger partial charge in [-0.05, 0) is 73.6 Å². The van der Waals surface area contributed by atoms with Crippen LogP contribution in [0.5, 0.6) is 0 Å². The summed E-state index contributed by atoms with van der Waals surface area (Å²) in [7, 11) is 0. The van der Waals surface area contributed by atoms with E-state index in [2.05, 4.69) is 30.4 Å². The second-order valence-corrected chi connectivity index (χ2v) is 5.82. The molecule has 0 radical (unpaired) electrons. The van der Waals surface area contributed by atoms with Crippen molar-refractivity contribution >= 4 is 5.69 Å². The van der Waals surface area contributed by atoms with E-state index in [1.54, 1.807) is 6.07 Å². The van der Waals surface area contributed by atoms with Crippen LogP contribution in [0.3, 0.4) is 0 Å². The minimum absolute atomic E-state index is 0.154. The van der Waals surface area contributed by atoms with Crippen molar-refractivity contribution in [2.45, 2.75) is 39.2 Å². The maximum atomic E-state index is 13.4. The smallest absolute Gasteiger partial charge is 0.123 e. The quantitative estimate of drug-likeness (QED) is 0.848. The first kappa shape index (κ1) is 13.2. The van der Waals surface area contributed by atoms with E-state index in [0.717, 1.165) is 24.0 Å². The van der Waals surface area contributed by atoms with E-state index in [9.17, 15) is 4.39 Å². The molecule has 3 rings (SSSR count). The maximum Gasteiger partial charge on any atom is 0.123 e. The van der Waals surface area contributed by atoms with Gasteiger partial charge in [0.25, 0.3) is 0 Å². The fourth-order valence-electron chi connectivity index (χ4n) is 2.86. The van der Waals surface area contributed by atoms with Gasteiger partial charge in [-0.2, -0.15) is 0 Å². The molecule has 0 aliphatic carbocycles. The van der Waals surface area contributed by atoms with E-state index in [-0.39, 0.29) is 5.82 Å². The van der Waals surface area contributed by atoms with Crippen LogP contribution in [0.25, 0.3) is 0 Å². The SMILES string of the molecule is Cc1ccc(F)cc1Cc1ccc2c(c1)CCC(C)N2. The van der Waals surface area contributed by atoms with Crippen LogP contribution in [0.1, 0.15) is 35.6 Å². The molecule has 104 valence electrons. The lowest BCUT2D eigenvalue weighted by Crippen LogP contribution is -2.21. The molecule has 20 heavy (non-hydrogen) atoms. The third-order valence-corrected chi connectivity index (χ3v) is 4.12. The molecule has 2 heteroatoms. The molecule has 0 aromatic heterocycles. The van der Waals surface area contributed by atoms with Gasteiger partial charge in [0, 0.05) is 11.7 Å². The zero-order chi connectivity index (χ0) is 14.1. The Morgan fingerprint density at radius 1 is 1.20 bits per heavy atom. The van der Waals surface area contributed by atoms with Gasteiger partial charge in [0.15, 0.2) is 0 Å². The lowest BCUT2D eigenvalue weighted by molar-refractivity contribution is 0.625. The summed E-state index contributed by atoms with van der Waals surface area (Å²) >= 11 is 0. The summed E-state index contributed by atoms with van der Waals surface area (Å²) in [4.78, 5) is 0. The van der Waals surface area contributed by atoms with Crippen molar-refractivity contribution in [1.82, 2.24) is 0 Å². The van der Waals surface area contributed by atoms with Gasteiger partial charge < -0.3 is 5.32 Å². The van der Waals surface area contributed by atoms with Gasteiger partial charge in [-0.15, -0.1) is 0 Å². The summed E-state index contributed by atoms with van der Waals surface area (Å²) in [6.45, 7) is 4.25. The number of fused-ring (bicyclic) bond motifs is 1. The van der Waals surface area contributed by atoms with Gasteiger partial charge >= 0.3 is 0 Å². The molecule has 2 aromatic rings. The Morgan fingerprint density at radius 3 is 2.90 bits per heavy atom. The summed E-state index contributed by atoms with van der Waals surface area (Å²) in [5, 5.41) is 3.51.